The molecule has 0 saturated carbocycles. The number of amides is 3. The molecule has 7 nitrogen and oxygen atoms in total. The van der Waals surface area contributed by atoms with Crippen molar-refractivity contribution in [1.82, 2.24) is 10.2 Å². The van der Waals surface area contributed by atoms with Crippen LogP contribution >= 0.6 is 0 Å². The Morgan fingerprint density at radius 2 is 2.00 bits per heavy atom. The van der Waals surface area contributed by atoms with Gasteiger partial charge in [-0.25, -0.2) is 0 Å². The maximum absolute atomic E-state index is 12.3. The highest BCUT2D eigenvalue weighted by Gasteiger charge is 2.31. The first-order chi connectivity index (χ1) is 11.4. The van der Waals surface area contributed by atoms with E-state index in [-0.39, 0.29) is 31.2 Å². The van der Waals surface area contributed by atoms with E-state index in [0.29, 0.717) is 17.7 Å². The monoisotopic (exact) mass is 332 g/mol. The number of hydrogen-bond acceptors (Lipinski definition) is 5. The summed E-state index contributed by atoms with van der Waals surface area (Å²) in [5, 5.41) is 2.55. The second kappa shape index (κ2) is 7.72. The summed E-state index contributed by atoms with van der Waals surface area (Å²) in [6.45, 7) is 3.61. The van der Waals surface area contributed by atoms with Gasteiger partial charge in [0.1, 0.15) is 0 Å². The SMILES string of the molecule is CCNC(=O)[C@@H](C)OC(=O)CCN1C(=O)Cc2ccccc2C1=O. The molecule has 0 radical (unpaired) electrons. The van der Waals surface area contributed by atoms with Crippen molar-refractivity contribution < 1.29 is 23.9 Å². The molecule has 0 spiro atoms. The Balaban J connectivity index is 1.92. The van der Waals surface area contributed by atoms with Gasteiger partial charge in [0.05, 0.1) is 12.8 Å². The van der Waals surface area contributed by atoms with Crippen LogP contribution in [0.25, 0.3) is 0 Å². The molecular weight excluding hydrogens is 312 g/mol. The minimum atomic E-state index is -0.911. The lowest BCUT2D eigenvalue weighted by Gasteiger charge is -2.26. The number of hydrogen-bond donors (Lipinski definition) is 1. The van der Waals surface area contributed by atoms with Gasteiger partial charge in [-0.15, -0.1) is 0 Å². The van der Waals surface area contributed by atoms with Gasteiger partial charge in [-0.3, -0.25) is 24.1 Å². The normalized spacial score (nSPS) is 14.8. The van der Waals surface area contributed by atoms with Gasteiger partial charge in [0.15, 0.2) is 6.10 Å². The number of nitrogens with zero attached hydrogens (tertiary/aromatic N) is 1. The molecule has 7 heteroatoms. The van der Waals surface area contributed by atoms with E-state index in [9.17, 15) is 19.2 Å². The summed E-state index contributed by atoms with van der Waals surface area (Å²) in [6.07, 6.45) is -0.929. The molecule has 0 aromatic heterocycles. The van der Waals surface area contributed by atoms with Crippen molar-refractivity contribution in [2.24, 2.45) is 0 Å². The average Bonchev–Trinajstić information content (AvgIpc) is 2.54. The van der Waals surface area contributed by atoms with E-state index in [0.717, 1.165) is 4.90 Å². The summed E-state index contributed by atoms with van der Waals surface area (Å²) in [4.78, 5) is 48.8. The average molecular weight is 332 g/mol. The van der Waals surface area contributed by atoms with Crippen molar-refractivity contribution in [3.63, 3.8) is 0 Å². The molecule has 0 aliphatic carbocycles. The lowest BCUT2D eigenvalue weighted by atomic mass is 9.98. The summed E-state index contributed by atoms with van der Waals surface area (Å²) in [7, 11) is 0. The lowest BCUT2D eigenvalue weighted by molar-refractivity contribution is -0.155. The van der Waals surface area contributed by atoms with Crippen molar-refractivity contribution in [3.05, 3.63) is 35.4 Å². The highest BCUT2D eigenvalue weighted by Crippen LogP contribution is 2.19. The number of benzene rings is 1. The molecule has 0 bridgehead atoms. The molecule has 0 fully saturated rings. The molecule has 1 heterocycles. The van der Waals surface area contributed by atoms with Gasteiger partial charge in [0, 0.05) is 18.7 Å². The Kier molecular flexibility index (Phi) is 5.68. The van der Waals surface area contributed by atoms with Crippen LogP contribution in [0, 0.1) is 0 Å². The fourth-order valence-electron chi connectivity index (χ4n) is 2.46. The van der Waals surface area contributed by atoms with Crippen LogP contribution in [-0.4, -0.2) is 47.8 Å². The van der Waals surface area contributed by atoms with E-state index in [2.05, 4.69) is 5.32 Å². The van der Waals surface area contributed by atoms with Crippen molar-refractivity contribution in [2.75, 3.05) is 13.1 Å². The van der Waals surface area contributed by atoms with Crippen LogP contribution in [-0.2, 0) is 25.5 Å². The van der Waals surface area contributed by atoms with Gasteiger partial charge in [-0.05, 0) is 25.5 Å². The summed E-state index contributed by atoms with van der Waals surface area (Å²) >= 11 is 0. The van der Waals surface area contributed by atoms with Crippen molar-refractivity contribution in [3.8, 4) is 0 Å². The van der Waals surface area contributed by atoms with Crippen LogP contribution in [0.3, 0.4) is 0 Å². The first-order valence-corrected chi connectivity index (χ1v) is 7.83. The second-order valence-corrected chi connectivity index (χ2v) is 5.46. The van der Waals surface area contributed by atoms with Gasteiger partial charge in [0.25, 0.3) is 11.8 Å². The third kappa shape index (κ3) is 3.98. The van der Waals surface area contributed by atoms with E-state index in [1.165, 1.54) is 6.92 Å². The maximum atomic E-state index is 12.3. The zero-order valence-corrected chi connectivity index (χ0v) is 13.7. The highest BCUT2D eigenvalue weighted by atomic mass is 16.5. The molecule has 1 N–H and O–H groups in total. The molecule has 0 saturated heterocycles. The van der Waals surface area contributed by atoms with E-state index in [4.69, 9.17) is 4.74 Å². The van der Waals surface area contributed by atoms with Crippen molar-refractivity contribution in [2.45, 2.75) is 32.8 Å². The topological polar surface area (TPSA) is 92.8 Å². The summed E-state index contributed by atoms with van der Waals surface area (Å²) < 4.78 is 5.00. The Hall–Kier alpha value is -2.70. The molecular formula is C17H20N2O5. The van der Waals surface area contributed by atoms with Gasteiger partial charge >= 0.3 is 5.97 Å². The Labute approximate surface area is 140 Å². The Morgan fingerprint density at radius 3 is 2.71 bits per heavy atom. The number of esters is 1. The molecule has 1 aromatic carbocycles. The summed E-state index contributed by atoms with van der Waals surface area (Å²) in [6, 6.07) is 6.90. The van der Waals surface area contributed by atoms with E-state index in [1.807, 2.05) is 0 Å². The van der Waals surface area contributed by atoms with E-state index in [1.54, 1.807) is 31.2 Å². The molecule has 2 rings (SSSR count). The molecule has 1 aliphatic rings. The molecule has 1 atom stereocenters. The first kappa shape index (κ1) is 17.7. The standard InChI is InChI=1S/C17H20N2O5/c1-3-18-16(22)11(2)24-15(21)8-9-19-14(20)10-12-6-4-5-7-13(12)17(19)23/h4-7,11H,3,8-10H2,1-2H3,(H,18,22)/t11-/m1/s1. The maximum Gasteiger partial charge on any atom is 0.308 e. The largest absolute Gasteiger partial charge is 0.452 e. The number of nitrogens with one attached hydrogen (secondary N) is 1. The van der Waals surface area contributed by atoms with E-state index < -0.39 is 18.0 Å². The highest BCUT2D eigenvalue weighted by molar-refractivity contribution is 6.09. The van der Waals surface area contributed by atoms with Gasteiger partial charge < -0.3 is 10.1 Å². The third-order valence-electron chi connectivity index (χ3n) is 3.70. The van der Waals surface area contributed by atoms with Gasteiger partial charge in [0.2, 0.25) is 5.91 Å². The molecule has 1 aromatic rings. The number of fused-ring (bicyclic) bond motifs is 1. The van der Waals surface area contributed by atoms with Crippen LogP contribution in [0.5, 0.6) is 0 Å². The minimum Gasteiger partial charge on any atom is -0.452 e. The third-order valence-corrected chi connectivity index (χ3v) is 3.70. The number of carbonyl (C=O) groups excluding carboxylic acids is 4. The van der Waals surface area contributed by atoms with Crippen LogP contribution < -0.4 is 5.32 Å². The summed E-state index contributed by atoms with van der Waals surface area (Å²) in [5.41, 5.74) is 1.16. The fourth-order valence-corrected chi connectivity index (χ4v) is 2.46. The molecule has 128 valence electrons. The first-order valence-electron chi connectivity index (χ1n) is 7.83. The lowest BCUT2D eigenvalue weighted by Crippen LogP contribution is -2.43. The fraction of sp³-hybridized carbons (Fsp3) is 0.412. The summed E-state index contributed by atoms with van der Waals surface area (Å²) in [5.74, 6) is -1.77. The smallest absolute Gasteiger partial charge is 0.308 e. The number of likely N-dealkylation sites (N-methyl/N-ethyl adjacent to an activating group) is 1. The predicted octanol–water partition coefficient (Wildman–Crippen LogP) is 0.669. The quantitative estimate of drug-likeness (QED) is 0.610. The van der Waals surface area contributed by atoms with Crippen LogP contribution in [0.15, 0.2) is 24.3 Å². The van der Waals surface area contributed by atoms with Gasteiger partial charge in [-0.2, -0.15) is 0 Å². The number of ether oxygens (including phenoxy) is 1. The molecule has 3 amide bonds. The number of rotatable bonds is 6. The minimum absolute atomic E-state index is 0.0625. The van der Waals surface area contributed by atoms with E-state index >= 15 is 0 Å². The number of carbonyl (C=O) groups is 4. The molecule has 24 heavy (non-hydrogen) atoms. The van der Waals surface area contributed by atoms with Crippen LogP contribution in [0.1, 0.15) is 36.2 Å². The zero-order valence-electron chi connectivity index (χ0n) is 13.7. The zero-order chi connectivity index (χ0) is 17.7. The Morgan fingerprint density at radius 1 is 1.29 bits per heavy atom. The van der Waals surface area contributed by atoms with Crippen LogP contribution in [0.4, 0.5) is 0 Å². The van der Waals surface area contributed by atoms with Crippen molar-refractivity contribution >= 4 is 23.7 Å². The predicted molar refractivity (Wildman–Crippen MR) is 85.0 cm³/mol. The number of imide groups is 1. The second-order valence-electron chi connectivity index (χ2n) is 5.46. The molecule has 1 aliphatic heterocycles. The molecule has 0 unspecified atom stereocenters. The Bertz CT molecular complexity index is 671. The van der Waals surface area contributed by atoms with Gasteiger partial charge in [-0.1, -0.05) is 18.2 Å². The van der Waals surface area contributed by atoms with Crippen LogP contribution in [0.2, 0.25) is 0 Å². The van der Waals surface area contributed by atoms with Crippen molar-refractivity contribution in [1.29, 1.82) is 0 Å².